The highest BCUT2D eigenvalue weighted by Crippen LogP contribution is 2.41. The lowest BCUT2D eigenvalue weighted by Crippen LogP contribution is -2.28. The second-order valence-electron chi connectivity index (χ2n) is 8.13. The van der Waals surface area contributed by atoms with Gasteiger partial charge in [-0.3, -0.25) is 4.79 Å². The molecule has 1 aromatic carbocycles. The zero-order chi connectivity index (χ0) is 18.5. The van der Waals surface area contributed by atoms with Crippen molar-refractivity contribution in [1.82, 2.24) is 15.0 Å². The van der Waals surface area contributed by atoms with Crippen molar-refractivity contribution < 1.29 is 0 Å². The molecule has 0 fully saturated rings. The van der Waals surface area contributed by atoms with Crippen molar-refractivity contribution in [3.8, 4) is 0 Å². The third kappa shape index (κ3) is 3.08. The number of hydrogen-bond acceptors (Lipinski definition) is 4. The SMILES string of the molecule is CC(C)(C)C1CCc2c(sc3nnn(Cc4ccccc4Cl)c(=O)c23)C1. The van der Waals surface area contributed by atoms with Crippen molar-refractivity contribution in [3.05, 3.63) is 55.6 Å². The van der Waals surface area contributed by atoms with E-state index < -0.39 is 0 Å². The molecule has 0 N–H and O–H groups in total. The fraction of sp³-hybridized carbons (Fsp3) is 0.450. The Morgan fingerprint density at radius 1 is 1.31 bits per heavy atom. The zero-order valence-corrected chi connectivity index (χ0v) is 16.8. The number of aryl methyl sites for hydroxylation is 1. The van der Waals surface area contributed by atoms with Crippen molar-refractivity contribution >= 4 is 33.2 Å². The molecular weight excluding hydrogens is 366 g/mol. The smallest absolute Gasteiger partial charge is 0.267 e. The molecule has 0 amide bonds. The molecule has 0 radical (unpaired) electrons. The molecule has 4 nitrogen and oxygen atoms in total. The van der Waals surface area contributed by atoms with E-state index in [0.717, 1.165) is 35.0 Å². The number of thiophene rings is 1. The molecule has 26 heavy (non-hydrogen) atoms. The summed E-state index contributed by atoms with van der Waals surface area (Å²) >= 11 is 7.88. The average molecular weight is 388 g/mol. The molecule has 0 spiro atoms. The highest BCUT2D eigenvalue weighted by molar-refractivity contribution is 7.18. The van der Waals surface area contributed by atoms with E-state index in [9.17, 15) is 4.79 Å². The number of halogens is 1. The van der Waals surface area contributed by atoms with Crippen LogP contribution in [0, 0.1) is 11.3 Å². The Kier molecular flexibility index (Phi) is 4.40. The summed E-state index contributed by atoms with van der Waals surface area (Å²) in [6.45, 7) is 7.24. The lowest BCUT2D eigenvalue weighted by atomic mass is 9.72. The van der Waals surface area contributed by atoms with Crippen LogP contribution in [0.2, 0.25) is 5.02 Å². The van der Waals surface area contributed by atoms with Gasteiger partial charge in [0.25, 0.3) is 5.56 Å². The van der Waals surface area contributed by atoms with Gasteiger partial charge in [-0.15, -0.1) is 16.4 Å². The van der Waals surface area contributed by atoms with E-state index in [1.165, 1.54) is 15.1 Å². The Hall–Kier alpha value is -1.72. The summed E-state index contributed by atoms with van der Waals surface area (Å²) in [5.74, 6) is 0.640. The lowest BCUT2D eigenvalue weighted by molar-refractivity contribution is 0.218. The van der Waals surface area contributed by atoms with Gasteiger partial charge in [-0.2, -0.15) is 0 Å². The predicted octanol–water partition coefficient (Wildman–Crippen LogP) is 4.71. The van der Waals surface area contributed by atoms with E-state index in [4.69, 9.17) is 11.6 Å². The molecule has 136 valence electrons. The Labute approximate surface area is 161 Å². The van der Waals surface area contributed by atoms with Crippen LogP contribution in [0.25, 0.3) is 10.2 Å². The molecule has 4 rings (SSSR count). The zero-order valence-electron chi connectivity index (χ0n) is 15.3. The third-order valence-electron chi connectivity index (χ3n) is 5.44. The van der Waals surface area contributed by atoms with Crippen molar-refractivity contribution in [2.75, 3.05) is 0 Å². The quantitative estimate of drug-likeness (QED) is 0.640. The normalized spacial score (nSPS) is 17.5. The number of aromatic nitrogens is 3. The maximum absolute atomic E-state index is 13.1. The molecule has 3 aromatic rings. The van der Waals surface area contributed by atoms with Gasteiger partial charge in [0, 0.05) is 9.90 Å². The maximum atomic E-state index is 13.1. The molecule has 1 unspecified atom stereocenters. The summed E-state index contributed by atoms with van der Waals surface area (Å²) in [6, 6.07) is 7.53. The first-order chi connectivity index (χ1) is 12.3. The molecular formula is C20H22ClN3OS. The van der Waals surface area contributed by atoms with Gasteiger partial charge in [0.1, 0.15) is 0 Å². The van der Waals surface area contributed by atoms with Crippen LogP contribution >= 0.6 is 22.9 Å². The Morgan fingerprint density at radius 2 is 2.08 bits per heavy atom. The van der Waals surface area contributed by atoms with Crippen LogP contribution in [0.1, 0.15) is 43.2 Å². The van der Waals surface area contributed by atoms with Crippen LogP contribution in [-0.2, 0) is 19.4 Å². The summed E-state index contributed by atoms with van der Waals surface area (Å²) in [5.41, 5.74) is 2.30. The standard InChI is InChI=1S/C20H22ClN3OS/c1-20(2,3)13-8-9-14-16(10-13)26-18-17(14)19(25)24(23-22-18)11-12-6-4-5-7-15(12)21/h4-7,13H,8-11H2,1-3H3. The van der Waals surface area contributed by atoms with E-state index in [-0.39, 0.29) is 11.0 Å². The topological polar surface area (TPSA) is 47.8 Å². The molecule has 6 heteroatoms. The minimum absolute atomic E-state index is 0.0540. The lowest BCUT2D eigenvalue weighted by Gasteiger charge is -2.33. The largest absolute Gasteiger partial charge is 0.279 e. The summed E-state index contributed by atoms with van der Waals surface area (Å²) < 4.78 is 1.44. The molecule has 0 saturated heterocycles. The first kappa shape index (κ1) is 17.7. The van der Waals surface area contributed by atoms with Crippen LogP contribution < -0.4 is 5.56 Å². The summed E-state index contributed by atoms with van der Waals surface area (Å²) in [5, 5.41) is 9.91. The van der Waals surface area contributed by atoms with E-state index in [1.54, 1.807) is 11.3 Å². The van der Waals surface area contributed by atoms with Gasteiger partial charge in [0.15, 0.2) is 4.83 Å². The fourth-order valence-electron chi connectivity index (χ4n) is 3.76. The summed E-state index contributed by atoms with van der Waals surface area (Å²) in [4.78, 5) is 15.2. The van der Waals surface area contributed by atoms with E-state index in [0.29, 0.717) is 17.5 Å². The Morgan fingerprint density at radius 3 is 2.81 bits per heavy atom. The average Bonchev–Trinajstić information content (AvgIpc) is 2.97. The Balaban J connectivity index is 1.75. The molecule has 1 atom stereocenters. The van der Waals surface area contributed by atoms with Gasteiger partial charge in [-0.25, -0.2) is 4.68 Å². The Bertz CT molecular complexity index is 1030. The molecule has 0 bridgehead atoms. The van der Waals surface area contributed by atoms with Gasteiger partial charge in [0.2, 0.25) is 0 Å². The number of rotatable bonds is 2. The van der Waals surface area contributed by atoms with Gasteiger partial charge >= 0.3 is 0 Å². The van der Waals surface area contributed by atoms with Crippen LogP contribution in [-0.4, -0.2) is 15.0 Å². The highest BCUT2D eigenvalue weighted by Gasteiger charge is 2.31. The van der Waals surface area contributed by atoms with E-state index >= 15 is 0 Å². The van der Waals surface area contributed by atoms with Crippen LogP contribution in [0.3, 0.4) is 0 Å². The predicted molar refractivity (Wildman–Crippen MR) is 107 cm³/mol. The minimum atomic E-state index is -0.0540. The fourth-order valence-corrected chi connectivity index (χ4v) is 5.19. The molecule has 0 saturated carbocycles. The summed E-state index contributed by atoms with van der Waals surface area (Å²) in [7, 11) is 0. The van der Waals surface area contributed by atoms with Crippen molar-refractivity contribution in [1.29, 1.82) is 0 Å². The van der Waals surface area contributed by atoms with E-state index in [1.807, 2.05) is 24.3 Å². The molecule has 0 aliphatic heterocycles. The number of nitrogens with zero attached hydrogens (tertiary/aromatic N) is 3. The molecule has 2 heterocycles. The van der Waals surface area contributed by atoms with Gasteiger partial charge in [-0.1, -0.05) is 55.8 Å². The number of hydrogen-bond donors (Lipinski definition) is 0. The highest BCUT2D eigenvalue weighted by atomic mass is 35.5. The first-order valence-corrected chi connectivity index (χ1v) is 10.2. The second-order valence-corrected chi connectivity index (χ2v) is 9.62. The van der Waals surface area contributed by atoms with Gasteiger partial charge < -0.3 is 0 Å². The van der Waals surface area contributed by atoms with Crippen LogP contribution in [0.4, 0.5) is 0 Å². The van der Waals surface area contributed by atoms with Crippen molar-refractivity contribution in [3.63, 3.8) is 0 Å². The van der Waals surface area contributed by atoms with Crippen molar-refractivity contribution in [2.24, 2.45) is 11.3 Å². The van der Waals surface area contributed by atoms with Gasteiger partial charge in [-0.05, 0) is 47.8 Å². The van der Waals surface area contributed by atoms with Crippen LogP contribution in [0.5, 0.6) is 0 Å². The minimum Gasteiger partial charge on any atom is -0.267 e. The second kappa shape index (κ2) is 6.46. The van der Waals surface area contributed by atoms with E-state index in [2.05, 4.69) is 31.1 Å². The monoisotopic (exact) mass is 387 g/mol. The molecule has 1 aliphatic rings. The maximum Gasteiger partial charge on any atom is 0.279 e. The third-order valence-corrected chi connectivity index (χ3v) is 6.95. The number of fused-ring (bicyclic) bond motifs is 3. The van der Waals surface area contributed by atoms with Gasteiger partial charge in [0.05, 0.1) is 11.9 Å². The van der Waals surface area contributed by atoms with Crippen molar-refractivity contribution in [2.45, 2.75) is 46.6 Å². The first-order valence-electron chi connectivity index (χ1n) is 8.96. The number of benzene rings is 1. The summed E-state index contributed by atoms with van der Waals surface area (Å²) in [6.07, 6.45) is 3.10. The molecule has 1 aliphatic carbocycles. The molecule has 2 aromatic heterocycles. The van der Waals surface area contributed by atoms with Crippen LogP contribution in [0.15, 0.2) is 29.1 Å².